The van der Waals surface area contributed by atoms with Crippen LogP contribution < -0.4 is 27.9 Å². The Morgan fingerprint density at radius 1 is 1.03 bits per heavy atom. The predicted octanol–water partition coefficient (Wildman–Crippen LogP) is 3.19. The summed E-state index contributed by atoms with van der Waals surface area (Å²) in [5.74, 6) is 0.278. The summed E-state index contributed by atoms with van der Waals surface area (Å²) in [6.45, 7) is 9.57. The molecule has 1 aromatic heterocycles. The number of fused-ring (bicyclic) bond motifs is 1. The molecule has 9 N–H and O–H groups in total. The number of nitrogens with one attached hydrogen (secondary N) is 3. The maximum atomic E-state index is 12.9. The quantitative estimate of drug-likeness (QED) is 0.159. The number of carbonyl (C=O) groups excluding carboxylic acids is 1. The van der Waals surface area contributed by atoms with Crippen LogP contribution in [-0.4, -0.2) is 28.3 Å². The third-order valence-corrected chi connectivity index (χ3v) is 5.01. The van der Waals surface area contributed by atoms with Crippen molar-refractivity contribution in [3.05, 3.63) is 77.8 Å². The lowest BCUT2D eigenvalue weighted by molar-refractivity contribution is 0.102. The third-order valence-electron chi connectivity index (χ3n) is 5.01. The summed E-state index contributed by atoms with van der Waals surface area (Å²) < 4.78 is 0. The topological polar surface area (TPSA) is 172 Å². The van der Waals surface area contributed by atoms with E-state index in [-0.39, 0.29) is 17.7 Å². The lowest BCUT2D eigenvalue weighted by Gasteiger charge is -2.08. The Balaban J connectivity index is 1.78. The molecule has 0 saturated heterocycles. The molecule has 0 aliphatic carbocycles. The summed E-state index contributed by atoms with van der Waals surface area (Å²) in [6, 6.07) is 14.9. The Kier molecular flexibility index (Phi) is 7.88. The van der Waals surface area contributed by atoms with E-state index in [2.05, 4.69) is 51.5 Å². The van der Waals surface area contributed by atoms with Crippen LogP contribution in [0.1, 0.15) is 48.8 Å². The zero-order valence-electron chi connectivity index (χ0n) is 20.1. The van der Waals surface area contributed by atoms with Gasteiger partial charge in [0.1, 0.15) is 11.5 Å². The van der Waals surface area contributed by atoms with Crippen LogP contribution in [0.15, 0.2) is 76.2 Å². The molecule has 0 atom stereocenters. The number of hydrogen-bond acceptors (Lipinski definition) is 6. The number of aromatic amines is 1. The molecule has 0 unspecified atom stereocenters. The van der Waals surface area contributed by atoms with Gasteiger partial charge in [0, 0.05) is 16.6 Å². The second-order valence-electron chi connectivity index (χ2n) is 8.52. The normalized spacial score (nSPS) is 12.0. The van der Waals surface area contributed by atoms with Crippen LogP contribution in [-0.2, 0) is 0 Å². The molecule has 0 radical (unpaired) electrons. The summed E-state index contributed by atoms with van der Waals surface area (Å²) in [5, 5.41) is 16.0. The fraction of sp³-hybridized carbons (Fsp3) is 0.200. The van der Waals surface area contributed by atoms with Crippen molar-refractivity contribution < 1.29 is 4.79 Å². The predicted molar refractivity (Wildman–Crippen MR) is 143 cm³/mol. The molecule has 2 aromatic carbocycles. The highest BCUT2D eigenvalue weighted by Crippen LogP contribution is 2.21. The second-order valence-corrected chi connectivity index (χ2v) is 8.52. The molecule has 10 nitrogen and oxygen atoms in total. The number of rotatable bonds is 9. The zero-order valence-corrected chi connectivity index (χ0v) is 20.1. The average Bonchev–Trinajstić information content (AvgIpc) is 3.24. The van der Waals surface area contributed by atoms with Gasteiger partial charge in [0.15, 0.2) is 0 Å². The summed E-state index contributed by atoms with van der Waals surface area (Å²) in [4.78, 5) is 16.0. The van der Waals surface area contributed by atoms with Crippen LogP contribution in [0.25, 0.3) is 10.9 Å². The molecule has 0 aliphatic heterocycles. The molecule has 10 heteroatoms. The first-order chi connectivity index (χ1) is 16.6. The summed E-state index contributed by atoms with van der Waals surface area (Å²) in [5.41, 5.74) is 24.2. The lowest BCUT2D eigenvalue weighted by atomic mass is 9.99. The molecule has 0 spiro atoms. The Morgan fingerprint density at radius 3 is 2.34 bits per heavy atom. The number of aromatic nitrogens is 1. The molecule has 0 saturated carbocycles. The molecule has 0 bridgehead atoms. The lowest BCUT2D eigenvalue weighted by Crippen LogP contribution is -2.22. The molecule has 1 heterocycles. The van der Waals surface area contributed by atoms with E-state index in [1.165, 1.54) is 0 Å². The van der Waals surface area contributed by atoms with Crippen LogP contribution in [0.3, 0.4) is 0 Å². The minimum Gasteiger partial charge on any atom is -0.385 e. The molecule has 3 aromatic rings. The SMILES string of the molecule is C=C(N)N/N=C(\C)c1ccc(NC(=O)c2cc3cc(C(CC(C)C)=NN=C(N)N)ccc3[nH]2)cc1. The van der Waals surface area contributed by atoms with Crippen molar-refractivity contribution >= 4 is 39.9 Å². The van der Waals surface area contributed by atoms with Gasteiger partial charge in [0.25, 0.3) is 5.91 Å². The second kappa shape index (κ2) is 11.0. The van der Waals surface area contributed by atoms with Crippen molar-refractivity contribution in [2.45, 2.75) is 27.2 Å². The number of anilines is 1. The number of hydrogen-bond donors (Lipinski definition) is 6. The number of nitrogens with zero attached hydrogens (tertiary/aromatic N) is 3. The first kappa shape index (κ1) is 25.0. The van der Waals surface area contributed by atoms with Gasteiger partial charge in [0.05, 0.1) is 11.4 Å². The number of hydrazone groups is 1. The number of amides is 1. The Morgan fingerprint density at radius 2 is 1.71 bits per heavy atom. The van der Waals surface area contributed by atoms with E-state index in [1.54, 1.807) is 6.07 Å². The average molecular weight is 474 g/mol. The van der Waals surface area contributed by atoms with Crippen molar-refractivity contribution in [1.82, 2.24) is 10.4 Å². The van der Waals surface area contributed by atoms with E-state index < -0.39 is 0 Å². The van der Waals surface area contributed by atoms with E-state index >= 15 is 0 Å². The van der Waals surface area contributed by atoms with Gasteiger partial charge >= 0.3 is 0 Å². The highest BCUT2D eigenvalue weighted by molar-refractivity contribution is 6.08. The number of H-pyrrole nitrogens is 1. The number of nitrogens with two attached hydrogens (primary N) is 3. The zero-order chi connectivity index (χ0) is 25.5. The van der Waals surface area contributed by atoms with E-state index in [0.29, 0.717) is 23.7 Å². The molecular formula is C25H31N9O. The van der Waals surface area contributed by atoms with Gasteiger partial charge in [-0.3, -0.25) is 10.2 Å². The fourth-order valence-corrected chi connectivity index (χ4v) is 3.37. The van der Waals surface area contributed by atoms with Crippen molar-refractivity contribution in [3.63, 3.8) is 0 Å². The highest BCUT2D eigenvalue weighted by Gasteiger charge is 2.13. The van der Waals surface area contributed by atoms with Crippen molar-refractivity contribution in [3.8, 4) is 0 Å². The standard InChI is InChI=1S/C25H31N9O/c1-14(2)11-22(33-34-25(27)28)18-7-10-21-19(12-18)13-23(30-21)24(35)29-20-8-5-17(6-9-20)15(3)31-32-16(4)26/h5-10,12-14,30,32H,4,11,26H2,1-3H3,(H,29,35)(H4,27,28,34)/b31-15+,33-22?. The Hall–Kier alpha value is -4.60. The number of carbonyl (C=O) groups is 1. The molecule has 3 rings (SSSR count). The van der Waals surface area contributed by atoms with Crippen molar-refractivity contribution in [1.29, 1.82) is 0 Å². The van der Waals surface area contributed by atoms with Gasteiger partial charge in [-0.05, 0) is 60.7 Å². The number of guanidine groups is 1. The van der Waals surface area contributed by atoms with Gasteiger partial charge in [-0.2, -0.15) is 10.2 Å². The summed E-state index contributed by atoms with van der Waals surface area (Å²) in [6.07, 6.45) is 0.706. The van der Waals surface area contributed by atoms with Crippen LogP contribution in [0.4, 0.5) is 5.69 Å². The molecule has 0 fully saturated rings. The Labute approximate surface area is 204 Å². The fourth-order valence-electron chi connectivity index (χ4n) is 3.37. The molecule has 35 heavy (non-hydrogen) atoms. The third kappa shape index (κ3) is 6.94. The van der Waals surface area contributed by atoms with E-state index in [0.717, 1.165) is 33.5 Å². The highest BCUT2D eigenvalue weighted by atomic mass is 16.1. The minimum atomic E-state index is -0.251. The first-order valence-electron chi connectivity index (χ1n) is 11.1. The maximum absolute atomic E-state index is 12.9. The van der Waals surface area contributed by atoms with Gasteiger partial charge in [-0.15, -0.1) is 5.10 Å². The van der Waals surface area contributed by atoms with Crippen LogP contribution in [0.5, 0.6) is 0 Å². The van der Waals surface area contributed by atoms with Crippen LogP contribution in [0.2, 0.25) is 0 Å². The van der Waals surface area contributed by atoms with Crippen molar-refractivity contribution in [2.75, 3.05) is 5.32 Å². The number of benzene rings is 2. The molecule has 1 amide bonds. The van der Waals surface area contributed by atoms with Crippen LogP contribution in [0, 0.1) is 5.92 Å². The summed E-state index contributed by atoms with van der Waals surface area (Å²) >= 11 is 0. The largest absolute Gasteiger partial charge is 0.385 e. The Bertz CT molecular complexity index is 1310. The van der Waals surface area contributed by atoms with Gasteiger partial charge in [0.2, 0.25) is 5.96 Å². The van der Waals surface area contributed by atoms with Crippen molar-refractivity contribution in [2.24, 2.45) is 38.4 Å². The van der Waals surface area contributed by atoms with Gasteiger partial charge in [-0.1, -0.05) is 38.6 Å². The van der Waals surface area contributed by atoms with Gasteiger partial charge < -0.3 is 27.5 Å². The first-order valence-corrected chi connectivity index (χ1v) is 11.1. The molecular weight excluding hydrogens is 442 g/mol. The molecule has 182 valence electrons. The minimum absolute atomic E-state index is 0.0958. The summed E-state index contributed by atoms with van der Waals surface area (Å²) in [7, 11) is 0. The smallest absolute Gasteiger partial charge is 0.272 e. The maximum Gasteiger partial charge on any atom is 0.272 e. The van der Waals surface area contributed by atoms with E-state index in [1.807, 2.05) is 49.4 Å². The van der Waals surface area contributed by atoms with E-state index in [4.69, 9.17) is 17.2 Å². The monoisotopic (exact) mass is 473 g/mol. The van der Waals surface area contributed by atoms with E-state index in [9.17, 15) is 4.79 Å². The van der Waals surface area contributed by atoms with Crippen LogP contribution >= 0.6 is 0 Å². The van der Waals surface area contributed by atoms with Gasteiger partial charge in [-0.25, -0.2) is 0 Å². The molecule has 0 aliphatic rings.